The van der Waals surface area contributed by atoms with E-state index in [1.165, 1.54) is 5.56 Å². The molecule has 0 aliphatic heterocycles. The molecule has 0 unspecified atom stereocenters. The van der Waals surface area contributed by atoms with Gasteiger partial charge < -0.3 is 9.84 Å². The van der Waals surface area contributed by atoms with Crippen molar-refractivity contribution in [2.45, 2.75) is 32.0 Å². The lowest BCUT2D eigenvalue weighted by Gasteiger charge is -2.22. The quantitative estimate of drug-likeness (QED) is 0.916. The average Bonchev–Trinajstić information content (AvgIpc) is 2.47. The molecule has 1 aliphatic rings. The van der Waals surface area contributed by atoms with Crippen molar-refractivity contribution >= 4 is 0 Å². The lowest BCUT2D eigenvalue weighted by Crippen LogP contribution is -2.09. The first-order valence-corrected chi connectivity index (χ1v) is 6.65. The number of ether oxygens (including phenoxy) is 1. The highest BCUT2D eigenvalue weighted by atomic mass is 16.5. The van der Waals surface area contributed by atoms with E-state index in [1.807, 2.05) is 24.3 Å². The molecule has 1 aliphatic carbocycles. The number of aliphatic hydroxyl groups excluding tert-OH is 1. The molecule has 1 aromatic carbocycles. The predicted molar refractivity (Wildman–Crippen MR) is 72.9 cm³/mol. The van der Waals surface area contributed by atoms with Crippen LogP contribution in [0.5, 0.6) is 5.75 Å². The summed E-state index contributed by atoms with van der Waals surface area (Å²) in [7, 11) is 0. The molecule has 0 spiro atoms. The SMILES string of the molecule is O[C@H]1CCCc2ccc(OCc3ccncc3)cc21. The summed E-state index contributed by atoms with van der Waals surface area (Å²) in [6, 6.07) is 9.90. The molecule has 98 valence electrons. The number of rotatable bonds is 3. The largest absolute Gasteiger partial charge is 0.489 e. The molecule has 0 radical (unpaired) electrons. The summed E-state index contributed by atoms with van der Waals surface area (Å²) in [6.45, 7) is 0.525. The van der Waals surface area contributed by atoms with E-state index in [2.05, 4.69) is 11.1 Å². The summed E-state index contributed by atoms with van der Waals surface area (Å²) in [6.07, 6.45) is 6.14. The first kappa shape index (κ1) is 12.2. The molecule has 1 atom stereocenters. The fraction of sp³-hybridized carbons (Fsp3) is 0.312. The normalized spacial score (nSPS) is 17.8. The van der Waals surface area contributed by atoms with E-state index < -0.39 is 0 Å². The fourth-order valence-electron chi connectivity index (χ4n) is 2.49. The highest BCUT2D eigenvalue weighted by molar-refractivity contribution is 5.38. The highest BCUT2D eigenvalue weighted by Crippen LogP contribution is 2.32. The van der Waals surface area contributed by atoms with Crippen molar-refractivity contribution in [3.63, 3.8) is 0 Å². The second-order valence-electron chi connectivity index (χ2n) is 4.91. The lowest BCUT2D eigenvalue weighted by atomic mass is 9.89. The molecular formula is C16H17NO2. The van der Waals surface area contributed by atoms with Crippen LogP contribution >= 0.6 is 0 Å². The van der Waals surface area contributed by atoms with E-state index in [-0.39, 0.29) is 6.10 Å². The summed E-state index contributed by atoms with van der Waals surface area (Å²) in [5.74, 6) is 0.816. The second-order valence-corrected chi connectivity index (χ2v) is 4.91. The molecule has 0 bridgehead atoms. The van der Waals surface area contributed by atoms with Crippen LogP contribution in [0.4, 0.5) is 0 Å². The Morgan fingerprint density at radius 1 is 1.21 bits per heavy atom. The van der Waals surface area contributed by atoms with Crippen molar-refractivity contribution in [2.75, 3.05) is 0 Å². The Labute approximate surface area is 112 Å². The summed E-state index contributed by atoms with van der Waals surface area (Å²) in [5, 5.41) is 10.0. The van der Waals surface area contributed by atoms with Gasteiger partial charge in [0.1, 0.15) is 12.4 Å². The number of fused-ring (bicyclic) bond motifs is 1. The Bertz CT molecular complexity index is 554. The van der Waals surface area contributed by atoms with Crippen molar-refractivity contribution in [1.29, 1.82) is 0 Å². The van der Waals surface area contributed by atoms with Gasteiger partial charge in [-0.15, -0.1) is 0 Å². The van der Waals surface area contributed by atoms with Crippen LogP contribution in [0.25, 0.3) is 0 Å². The third-order valence-corrected chi connectivity index (χ3v) is 3.55. The number of hydrogen-bond acceptors (Lipinski definition) is 3. The van der Waals surface area contributed by atoms with Crippen molar-refractivity contribution in [3.05, 3.63) is 59.4 Å². The van der Waals surface area contributed by atoms with Crippen LogP contribution in [-0.4, -0.2) is 10.1 Å². The lowest BCUT2D eigenvalue weighted by molar-refractivity contribution is 0.156. The molecule has 2 aromatic rings. The van der Waals surface area contributed by atoms with Crippen molar-refractivity contribution in [1.82, 2.24) is 4.98 Å². The summed E-state index contributed by atoms with van der Waals surface area (Å²) < 4.78 is 5.77. The van der Waals surface area contributed by atoms with Gasteiger partial charge in [0, 0.05) is 12.4 Å². The third kappa shape index (κ3) is 2.76. The molecule has 0 saturated heterocycles. The molecule has 0 amide bonds. The zero-order valence-corrected chi connectivity index (χ0v) is 10.7. The summed E-state index contributed by atoms with van der Waals surface area (Å²) >= 11 is 0. The first-order chi connectivity index (χ1) is 9.33. The van der Waals surface area contributed by atoms with Gasteiger partial charge in [0.25, 0.3) is 0 Å². The zero-order chi connectivity index (χ0) is 13.1. The Hall–Kier alpha value is -1.87. The van der Waals surface area contributed by atoms with Gasteiger partial charge in [-0.2, -0.15) is 0 Å². The Morgan fingerprint density at radius 2 is 2.05 bits per heavy atom. The highest BCUT2D eigenvalue weighted by Gasteiger charge is 2.18. The molecule has 3 rings (SSSR count). The maximum atomic E-state index is 10.0. The van der Waals surface area contributed by atoms with Crippen LogP contribution < -0.4 is 4.74 Å². The van der Waals surface area contributed by atoms with Crippen LogP contribution in [0.1, 0.15) is 35.6 Å². The number of pyridine rings is 1. The predicted octanol–water partition coefficient (Wildman–Crippen LogP) is 3.03. The third-order valence-electron chi connectivity index (χ3n) is 3.55. The smallest absolute Gasteiger partial charge is 0.120 e. The van der Waals surface area contributed by atoms with Gasteiger partial charge in [0.05, 0.1) is 6.10 Å². The first-order valence-electron chi connectivity index (χ1n) is 6.65. The van der Waals surface area contributed by atoms with Gasteiger partial charge in [0.2, 0.25) is 0 Å². The van der Waals surface area contributed by atoms with Crippen LogP contribution in [-0.2, 0) is 13.0 Å². The zero-order valence-electron chi connectivity index (χ0n) is 10.7. The molecule has 1 N–H and O–H groups in total. The van der Waals surface area contributed by atoms with E-state index in [9.17, 15) is 5.11 Å². The Kier molecular flexibility index (Phi) is 3.47. The number of hydrogen-bond donors (Lipinski definition) is 1. The monoisotopic (exact) mass is 255 g/mol. The van der Waals surface area contributed by atoms with E-state index in [0.717, 1.165) is 36.1 Å². The molecule has 0 saturated carbocycles. The van der Waals surface area contributed by atoms with Gasteiger partial charge in [-0.3, -0.25) is 4.98 Å². The van der Waals surface area contributed by atoms with E-state index in [0.29, 0.717) is 6.61 Å². The van der Waals surface area contributed by atoms with Gasteiger partial charge in [0.15, 0.2) is 0 Å². The van der Waals surface area contributed by atoms with Crippen LogP contribution in [0.3, 0.4) is 0 Å². The van der Waals surface area contributed by atoms with Gasteiger partial charge in [-0.05, 0) is 60.2 Å². The van der Waals surface area contributed by atoms with Crippen LogP contribution in [0, 0.1) is 0 Å². The van der Waals surface area contributed by atoms with E-state index in [4.69, 9.17) is 4.74 Å². The van der Waals surface area contributed by atoms with Crippen LogP contribution in [0.15, 0.2) is 42.7 Å². The second kappa shape index (κ2) is 5.41. The number of benzene rings is 1. The molecule has 19 heavy (non-hydrogen) atoms. The minimum absolute atomic E-state index is 0.340. The maximum absolute atomic E-state index is 10.0. The van der Waals surface area contributed by atoms with Crippen molar-refractivity contribution in [3.8, 4) is 5.75 Å². The Balaban J connectivity index is 1.74. The minimum atomic E-state index is -0.340. The summed E-state index contributed by atoms with van der Waals surface area (Å²) in [5.41, 5.74) is 3.36. The van der Waals surface area contributed by atoms with E-state index in [1.54, 1.807) is 12.4 Å². The van der Waals surface area contributed by atoms with Crippen LogP contribution in [0.2, 0.25) is 0 Å². The van der Waals surface area contributed by atoms with Gasteiger partial charge in [-0.25, -0.2) is 0 Å². The number of aliphatic hydroxyl groups is 1. The summed E-state index contributed by atoms with van der Waals surface area (Å²) in [4.78, 5) is 3.98. The molecule has 1 heterocycles. The van der Waals surface area contributed by atoms with Gasteiger partial charge in [-0.1, -0.05) is 6.07 Å². The molecule has 0 fully saturated rings. The Morgan fingerprint density at radius 3 is 2.89 bits per heavy atom. The van der Waals surface area contributed by atoms with Gasteiger partial charge >= 0.3 is 0 Å². The molecule has 3 nitrogen and oxygen atoms in total. The van der Waals surface area contributed by atoms with E-state index >= 15 is 0 Å². The maximum Gasteiger partial charge on any atom is 0.120 e. The number of aromatic nitrogens is 1. The molecular weight excluding hydrogens is 238 g/mol. The average molecular weight is 255 g/mol. The standard InChI is InChI=1S/C16H17NO2/c18-16-3-1-2-13-4-5-14(10-15(13)16)19-11-12-6-8-17-9-7-12/h4-10,16,18H,1-3,11H2/t16-/m0/s1. The van der Waals surface area contributed by atoms with Crippen molar-refractivity contribution < 1.29 is 9.84 Å². The topological polar surface area (TPSA) is 42.4 Å². The molecule has 1 aromatic heterocycles. The number of aryl methyl sites for hydroxylation is 1. The van der Waals surface area contributed by atoms with Crippen molar-refractivity contribution in [2.24, 2.45) is 0 Å². The number of nitrogens with zero attached hydrogens (tertiary/aromatic N) is 1. The molecule has 3 heteroatoms. The minimum Gasteiger partial charge on any atom is -0.489 e. The fourth-order valence-corrected chi connectivity index (χ4v) is 2.49.